The normalized spacial score (nSPS) is 18.4. The minimum absolute atomic E-state index is 0.0353. The first-order valence-corrected chi connectivity index (χ1v) is 7.24. The van der Waals surface area contributed by atoms with Crippen LogP contribution in [0.1, 0.15) is 31.9 Å². The van der Waals surface area contributed by atoms with E-state index < -0.39 is 0 Å². The second-order valence-electron chi connectivity index (χ2n) is 6.63. The summed E-state index contributed by atoms with van der Waals surface area (Å²) < 4.78 is 13.8. The van der Waals surface area contributed by atoms with Gasteiger partial charge in [-0.15, -0.1) is 0 Å². The number of benzene rings is 1. The van der Waals surface area contributed by atoms with E-state index in [4.69, 9.17) is 5.11 Å². The Kier molecular flexibility index (Phi) is 4.78. The molecule has 0 spiro atoms. The number of hydrogen-bond acceptors (Lipinski definition) is 3. The highest BCUT2D eigenvalue weighted by molar-refractivity contribution is 5.29. The van der Waals surface area contributed by atoms with Gasteiger partial charge in [0, 0.05) is 32.7 Å². The predicted octanol–water partition coefficient (Wildman–Crippen LogP) is 2.19. The molecular formula is C16H25FN2O. The van der Waals surface area contributed by atoms with Crippen molar-refractivity contribution in [1.29, 1.82) is 0 Å². The van der Waals surface area contributed by atoms with Crippen molar-refractivity contribution < 1.29 is 9.50 Å². The first kappa shape index (κ1) is 15.4. The van der Waals surface area contributed by atoms with Gasteiger partial charge in [0.2, 0.25) is 0 Å². The molecule has 1 saturated heterocycles. The molecule has 0 aliphatic carbocycles. The van der Waals surface area contributed by atoms with E-state index in [2.05, 4.69) is 31.7 Å². The summed E-state index contributed by atoms with van der Waals surface area (Å²) in [6.07, 6.45) is 0. The molecule has 1 heterocycles. The topological polar surface area (TPSA) is 26.7 Å². The van der Waals surface area contributed by atoms with Crippen LogP contribution in [0.5, 0.6) is 0 Å². The van der Waals surface area contributed by atoms with Gasteiger partial charge in [-0.05, 0) is 28.7 Å². The first-order valence-electron chi connectivity index (χ1n) is 7.24. The smallest absolute Gasteiger partial charge is 0.123 e. The Balaban J connectivity index is 2.05. The molecule has 1 aromatic carbocycles. The number of halogens is 1. The molecule has 0 bridgehead atoms. The molecular weight excluding hydrogens is 255 g/mol. The standard InChI is InChI=1S/C16H25FN2O/c1-16(2,3)14-8-13(9-15(17)10-14)11-18-4-6-19(12-20)7-5-18/h8-10,20H,4-7,11-12H2,1-3H3. The second kappa shape index (κ2) is 6.20. The summed E-state index contributed by atoms with van der Waals surface area (Å²) in [4.78, 5) is 4.33. The van der Waals surface area contributed by atoms with Crippen molar-refractivity contribution in [1.82, 2.24) is 9.80 Å². The number of aliphatic hydroxyl groups is 1. The summed E-state index contributed by atoms with van der Waals surface area (Å²) in [5.74, 6) is -0.151. The maximum absolute atomic E-state index is 13.8. The van der Waals surface area contributed by atoms with Crippen LogP contribution in [0.25, 0.3) is 0 Å². The average molecular weight is 280 g/mol. The fourth-order valence-electron chi connectivity index (χ4n) is 2.52. The third-order valence-electron chi connectivity index (χ3n) is 3.89. The minimum atomic E-state index is -0.151. The molecule has 0 amide bonds. The van der Waals surface area contributed by atoms with Gasteiger partial charge >= 0.3 is 0 Å². The van der Waals surface area contributed by atoms with Gasteiger partial charge in [0.15, 0.2) is 0 Å². The van der Waals surface area contributed by atoms with E-state index in [9.17, 15) is 4.39 Å². The van der Waals surface area contributed by atoms with Crippen molar-refractivity contribution in [2.75, 3.05) is 32.9 Å². The quantitative estimate of drug-likeness (QED) is 0.919. The van der Waals surface area contributed by atoms with Crippen molar-refractivity contribution in [3.63, 3.8) is 0 Å². The Morgan fingerprint density at radius 1 is 1.05 bits per heavy atom. The number of piperazine rings is 1. The molecule has 20 heavy (non-hydrogen) atoms. The largest absolute Gasteiger partial charge is 0.381 e. The maximum Gasteiger partial charge on any atom is 0.123 e. The van der Waals surface area contributed by atoms with Gasteiger partial charge in [0.25, 0.3) is 0 Å². The van der Waals surface area contributed by atoms with Crippen molar-refractivity contribution in [3.05, 3.63) is 35.1 Å². The van der Waals surface area contributed by atoms with Gasteiger partial charge in [-0.25, -0.2) is 4.39 Å². The molecule has 2 rings (SSSR count). The lowest BCUT2D eigenvalue weighted by Gasteiger charge is -2.33. The zero-order valence-electron chi connectivity index (χ0n) is 12.7. The van der Waals surface area contributed by atoms with Gasteiger partial charge in [-0.1, -0.05) is 26.8 Å². The number of nitrogens with zero attached hydrogens (tertiary/aromatic N) is 2. The van der Waals surface area contributed by atoms with Crippen LogP contribution in [0.4, 0.5) is 4.39 Å². The highest BCUT2D eigenvalue weighted by Crippen LogP contribution is 2.24. The summed E-state index contributed by atoms with van der Waals surface area (Å²) in [7, 11) is 0. The Labute approximate surface area is 121 Å². The maximum atomic E-state index is 13.8. The van der Waals surface area contributed by atoms with Crippen LogP contribution < -0.4 is 0 Å². The molecule has 1 fully saturated rings. The van der Waals surface area contributed by atoms with Crippen LogP contribution in [0.3, 0.4) is 0 Å². The number of aliphatic hydroxyl groups excluding tert-OH is 1. The minimum Gasteiger partial charge on any atom is -0.381 e. The van der Waals surface area contributed by atoms with Gasteiger partial charge in [-0.3, -0.25) is 9.80 Å². The fraction of sp³-hybridized carbons (Fsp3) is 0.625. The predicted molar refractivity (Wildman–Crippen MR) is 79.0 cm³/mol. The SMILES string of the molecule is CC(C)(C)c1cc(F)cc(CN2CCN(CO)CC2)c1. The van der Waals surface area contributed by atoms with E-state index >= 15 is 0 Å². The third kappa shape index (κ3) is 4.01. The molecule has 112 valence electrons. The van der Waals surface area contributed by atoms with Crippen molar-refractivity contribution >= 4 is 0 Å². The van der Waals surface area contributed by atoms with Gasteiger partial charge in [0.05, 0.1) is 6.73 Å². The monoisotopic (exact) mass is 280 g/mol. The number of rotatable bonds is 3. The highest BCUT2D eigenvalue weighted by atomic mass is 19.1. The average Bonchev–Trinajstić information content (AvgIpc) is 2.38. The Morgan fingerprint density at radius 2 is 1.65 bits per heavy atom. The van der Waals surface area contributed by atoms with Crippen LogP contribution >= 0.6 is 0 Å². The molecule has 0 unspecified atom stereocenters. The zero-order chi connectivity index (χ0) is 14.8. The van der Waals surface area contributed by atoms with E-state index in [0.717, 1.165) is 43.9 Å². The lowest BCUT2D eigenvalue weighted by Crippen LogP contribution is -2.46. The number of hydrogen-bond donors (Lipinski definition) is 1. The summed E-state index contributed by atoms with van der Waals surface area (Å²) in [6.45, 7) is 10.8. The van der Waals surface area contributed by atoms with Crippen LogP contribution in [-0.2, 0) is 12.0 Å². The van der Waals surface area contributed by atoms with Crippen molar-refractivity contribution in [2.45, 2.75) is 32.7 Å². The van der Waals surface area contributed by atoms with Crippen LogP contribution in [0, 0.1) is 5.82 Å². The van der Waals surface area contributed by atoms with Crippen LogP contribution in [0.15, 0.2) is 18.2 Å². The first-order chi connectivity index (χ1) is 9.38. The van der Waals surface area contributed by atoms with E-state index in [1.165, 1.54) is 0 Å². The summed E-state index contributed by atoms with van der Waals surface area (Å²) >= 11 is 0. The van der Waals surface area contributed by atoms with Crippen molar-refractivity contribution in [3.8, 4) is 0 Å². The highest BCUT2D eigenvalue weighted by Gasteiger charge is 2.19. The van der Waals surface area contributed by atoms with Crippen LogP contribution in [0.2, 0.25) is 0 Å². The summed E-state index contributed by atoms with van der Waals surface area (Å²) in [5.41, 5.74) is 2.04. The Bertz CT molecular complexity index is 448. The summed E-state index contributed by atoms with van der Waals surface area (Å²) in [5, 5.41) is 9.09. The van der Waals surface area contributed by atoms with E-state index in [0.29, 0.717) is 0 Å². The molecule has 0 aromatic heterocycles. The molecule has 1 aliphatic heterocycles. The molecule has 0 atom stereocenters. The zero-order valence-corrected chi connectivity index (χ0v) is 12.7. The molecule has 1 N–H and O–H groups in total. The van der Waals surface area contributed by atoms with E-state index in [1.54, 1.807) is 12.1 Å². The van der Waals surface area contributed by atoms with Crippen LogP contribution in [-0.4, -0.2) is 47.8 Å². The van der Waals surface area contributed by atoms with Gasteiger partial charge in [0.1, 0.15) is 5.82 Å². The molecule has 1 aliphatic rings. The molecule has 4 heteroatoms. The van der Waals surface area contributed by atoms with E-state index in [1.807, 2.05) is 4.90 Å². The fourth-order valence-corrected chi connectivity index (χ4v) is 2.52. The second-order valence-corrected chi connectivity index (χ2v) is 6.63. The lowest BCUT2D eigenvalue weighted by atomic mass is 9.86. The van der Waals surface area contributed by atoms with Gasteiger partial charge < -0.3 is 5.11 Å². The Hall–Kier alpha value is -0.970. The van der Waals surface area contributed by atoms with Gasteiger partial charge in [-0.2, -0.15) is 0 Å². The summed E-state index contributed by atoms with van der Waals surface area (Å²) in [6, 6.07) is 5.38. The lowest BCUT2D eigenvalue weighted by molar-refractivity contribution is 0.0517. The van der Waals surface area contributed by atoms with Crippen molar-refractivity contribution in [2.24, 2.45) is 0 Å². The molecule has 1 aromatic rings. The molecule has 0 saturated carbocycles. The molecule has 0 radical (unpaired) electrons. The third-order valence-corrected chi connectivity index (χ3v) is 3.89. The Morgan fingerprint density at radius 3 is 2.20 bits per heavy atom. The van der Waals surface area contributed by atoms with E-state index in [-0.39, 0.29) is 18.0 Å². The molecule has 3 nitrogen and oxygen atoms in total.